The van der Waals surface area contributed by atoms with Crippen LogP contribution in [0.25, 0.3) is 6.08 Å². The van der Waals surface area contributed by atoms with Crippen molar-refractivity contribution in [1.82, 2.24) is 5.32 Å². The number of hydrogen-bond acceptors (Lipinski definition) is 2. The molecule has 0 unspecified atom stereocenters. The molecule has 0 radical (unpaired) electrons. The number of carbonyl (C=O) groups is 1. The second-order valence-electron chi connectivity index (χ2n) is 6.42. The molecule has 2 aromatic carbocycles. The number of amides is 1. The molecule has 0 saturated carbocycles. The van der Waals surface area contributed by atoms with E-state index in [-0.39, 0.29) is 11.4 Å². The van der Waals surface area contributed by atoms with Crippen LogP contribution in [-0.4, -0.2) is 11.4 Å². The van der Waals surface area contributed by atoms with E-state index in [1.807, 2.05) is 75.4 Å². The molecule has 0 aliphatic rings. The second kappa shape index (κ2) is 7.63. The van der Waals surface area contributed by atoms with Crippen molar-refractivity contribution in [2.24, 2.45) is 0 Å². The van der Waals surface area contributed by atoms with Gasteiger partial charge < -0.3 is 10.1 Å². The number of hydrogen-bond donors (Lipinski definition) is 1. The van der Waals surface area contributed by atoms with Crippen LogP contribution in [0.2, 0.25) is 0 Å². The standard InChI is InChI=1S/C20H23NO2/c1-20(2,3)21-19(22)13-12-16-10-7-11-18(14-16)23-15-17-8-5-4-6-9-17/h4-14H,15H2,1-3H3,(H,21,22)/b13-12+. The summed E-state index contributed by atoms with van der Waals surface area (Å²) in [7, 11) is 0. The number of benzene rings is 2. The summed E-state index contributed by atoms with van der Waals surface area (Å²) in [6.45, 7) is 6.39. The van der Waals surface area contributed by atoms with Gasteiger partial charge in [-0.15, -0.1) is 0 Å². The molecule has 0 aliphatic carbocycles. The smallest absolute Gasteiger partial charge is 0.244 e. The highest BCUT2D eigenvalue weighted by Crippen LogP contribution is 2.16. The van der Waals surface area contributed by atoms with Crippen LogP contribution in [0.15, 0.2) is 60.7 Å². The van der Waals surface area contributed by atoms with E-state index in [2.05, 4.69) is 5.32 Å². The maximum absolute atomic E-state index is 11.8. The normalized spacial score (nSPS) is 11.4. The fourth-order valence-corrected chi connectivity index (χ4v) is 2.03. The molecule has 120 valence electrons. The third-order valence-electron chi connectivity index (χ3n) is 3.03. The van der Waals surface area contributed by atoms with Gasteiger partial charge >= 0.3 is 0 Å². The fraction of sp³-hybridized carbons (Fsp3) is 0.250. The van der Waals surface area contributed by atoms with Crippen molar-refractivity contribution in [2.45, 2.75) is 32.9 Å². The first-order valence-electron chi connectivity index (χ1n) is 7.69. The van der Waals surface area contributed by atoms with E-state index in [9.17, 15) is 4.79 Å². The van der Waals surface area contributed by atoms with E-state index in [0.717, 1.165) is 16.9 Å². The molecule has 1 N–H and O–H groups in total. The summed E-state index contributed by atoms with van der Waals surface area (Å²) in [5, 5.41) is 2.89. The average Bonchev–Trinajstić information content (AvgIpc) is 2.51. The Morgan fingerprint density at radius 1 is 1.09 bits per heavy atom. The highest BCUT2D eigenvalue weighted by molar-refractivity contribution is 5.92. The third kappa shape index (κ3) is 6.39. The molecule has 1 amide bonds. The topological polar surface area (TPSA) is 38.3 Å². The molecule has 0 saturated heterocycles. The van der Waals surface area contributed by atoms with Crippen LogP contribution in [0.1, 0.15) is 31.9 Å². The Labute approximate surface area is 138 Å². The first-order valence-corrected chi connectivity index (χ1v) is 7.69. The lowest BCUT2D eigenvalue weighted by Crippen LogP contribution is -2.39. The van der Waals surface area contributed by atoms with Gasteiger partial charge in [-0.25, -0.2) is 0 Å². The zero-order valence-electron chi connectivity index (χ0n) is 13.9. The lowest BCUT2D eigenvalue weighted by molar-refractivity contribution is -0.117. The highest BCUT2D eigenvalue weighted by Gasteiger charge is 2.11. The molecule has 0 aromatic heterocycles. The minimum Gasteiger partial charge on any atom is -0.489 e. The van der Waals surface area contributed by atoms with E-state index >= 15 is 0 Å². The molecule has 0 heterocycles. The number of ether oxygens (including phenoxy) is 1. The van der Waals surface area contributed by atoms with Crippen molar-refractivity contribution in [1.29, 1.82) is 0 Å². The molecule has 23 heavy (non-hydrogen) atoms. The summed E-state index contributed by atoms with van der Waals surface area (Å²) in [4.78, 5) is 11.8. The van der Waals surface area contributed by atoms with Crippen LogP contribution in [0.5, 0.6) is 5.75 Å². The van der Waals surface area contributed by atoms with Crippen molar-refractivity contribution in [2.75, 3.05) is 0 Å². The van der Waals surface area contributed by atoms with E-state index in [1.165, 1.54) is 0 Å². The lowest BCUT2D eigenvalue weighted by atomic mass is 10.1. The number of rotatable bonds is 5. The van der Waals surface area contributed by atoms with Crippen molar-refractivity contribution in [3.8, 4) is 5.75 Å². The van der Waals surface area contributed by atoms with Crippen molar-refractivity contribution < 1.29 is 9.53 Å². The van der Waals surface area contributed by atoms with Crippen LogP contribution in [0.3, 0.4) is 0 Å². The summed E-state index contributed by atoms with van der Waals surface area (Å²) in [5.41, 5.74) is 1.82. The molecular weight excluding hydrogens is 286 g/mol. The molecular formula is C20H23NO2. The minimum absolute atomic E-state index is 0.104. The van der Waals surface area contributed by atoms with E-state index in [4.69, 9.17) is 4.74 Å². The maximum Gasteiger partial charge on any atom is 0.244 e. The highest BCUT2D eigenvalue weighted by atomic mass is 16.5. The van der Waals surface area contributed by atoms with Gasteiger partial charge in [0.1, 0.15) is 12.4 Å². The molecule has 0 bridgehead atoms. The Hall–Kier alpha value is -2.55. The van der Waals surface area contributed by atoms with Gasteiger partial charge in [0.15, 0.2) is 0 Å². The van der Waals surface area contributed by atoms with Crippen LogP contribution in [0.4, 0.5) is 0 Å². The van der Waals surface area contributed by atoms with Crippen LogP contribution >= 0.6 is 0 Å². The SMILES string of the molecule is CC(C)(C)NC(=O)/C=C/c1cccc(OCc2ccccc2)c1. The molecule has 3 nitrogen and oxygen atoms in total. The van der Waals surface area contributed by atoms with E-state index < -0.39 is 0 Å². The molecule has 2 aromatic rings. The minimum atomic E-state index is -0.234. The van der Waals surface area contributed by atoms with Gasteiger partial charge in [-0.05, 0) is 50.1 Å². The largest absolute Gasteiger partial charge is 0.489 e. The van der Waals surface area contributed by atoms with Gasteiger partial charge in [0.05, 0.1) is 0 Å². The van der Waals surface area contributed by atoms with Crippen LogP contribution in [0, 0.1) is 0 Å². The van der Waals surface area contributed by atoms with Gasteiger partial charge in [-0.2, -0.15) is 0 Å². The summed E-state index contributed by atoms with van der Waals surface area (Å²) >= 11 is 0. The predicted octanol–water partition coefficient (Wildman–Crippen LogP) is 4.19. The van der Waals surface area contributed by atoms with Gasteiger partial charge in [0.2, 0.25) is 5.91 Å². The molecule has 0 fully saturated rings. The molecule has 0 aliphatic heterocycles. The van der Waals surface area contributed by atoms with Gasteiger partial charge in [0.25, 0.3) is 0 Å². The lowest BCUT2D eigenvalue weighted by Gasteiger charge is -2.18. The maximum atomic E-state index is 11.8. The molecule has 0 atom stereocenters. The summed E-state index contributed by atoms with van der Waals surface area (Å²) in [6, 6.07) is 17.7. The van der Waals surface area contributed by atoms with Crippen LogP contribution in [-0.2, 0) is 11.4 Å². The Balaban J connectivity index is 1.95. The summed E-state index contributed by atoms with van der Waals surface area (Å²) in [5.74, 6) is 0.681. The monoisotopic (exact) mass is 309 g/mol. The number of nitrogens with one attached hydrogen (secondary N) is 1. The first-order chi connectivity index (χ1) is 10.9. The van der Waals surface area contributed by atoms with E-state index in [0.29, 0.717) is 6.61 Å². The quantitative estimate of drug-likeness (QED) is 0.841. The Bertz CT molecular complexity index is 670. The number of carbonyl (C=O) groups excluding carboxylic acids is 1. The van der Waals surface area contributed by atoms with E-state index in [1.54, 1.807) is 12.2 Å². The van der Waals surface area contributed by atoms with Gasteiger partial charge in [0, 0.05) is 11.6 Å². The zero-order chi connectivity index (χ0) is 16.7. The van der Waals surface area contributed by atoms with Gasteiger partial charge in [-0.3, -0.25) is 4.79 Å². The predicted molar refractivity (Wildman–Crippen MR) is 94.1 cm³/mol. The zero-order valence-corrected chi connectivity index (χ0v) is 13.9. The summed E-state index contributed by atoms with van der Waals surface area (Å²) < 4.78 is 5.79. The second-order valence-corrected chi connectivity index (χ2v) is 6.42. The van der Waals surface area contributed by atoms with Crippen molar-refractivity contribution >= 4 is 12.0 Å². The van der Waals surface area contributed by atoms with Crippen molar-refractivity contribution in [3.63, 3.8) is 0 Å². The van der Waals surface area contributed by atoms with Gasteiger partial charge in [-0.1, -0.05) is 42.5 Å². The molecule has 0 spiro atoms. The third-order valence-corrected chi connectivity index (χ3v) is 3.03. The summed E-state index contributed by atoms with van der Waals surface area (Å²) in [6.07, 6.45) is 3.33. The van der Waals surface area contributed by atoms with Crippen molar-refractivity contribution in [3.05, 3.63) is 71.8 Å². The fourth-order valence-electron chi connectivity index (χ4n) is 2.03. The Morgan fingerprint density at radius 3 is 2.52 bits per heavy atom. The Kier molecular flexibility index (Phi) is 5.58. The molecule has 2 rings (SSSR count). The molecule has 3 heteroatoms. The van der Waals surface area contributed by atoms with Crippen LogP contribution < -0.4 is 10.1 Å². The average molecular weight is 309 g/mol. The Morgan fingerprint density at radius 2 is 1.83 bits per heavy atom. The first kappa shape index (κ1) is 16.8.